The lowest BCUT2D eigenvalue weighted by molar-refractivity contribution is 0.0652. The predicted octanol–water partition coefficient (Wildman–Crippen LogP) is 2.47. The van der Waals surface area contributed by atoms with E-state index < -0.39 is 0 Å². The van der Waals surface area contributed by atoms with Crippen LogP contribution in [0.3, 0.4) is 0 Å². The lowest BCUT2D eigenvalue weighted by Gasteiger charge is -2.13. The van der Waals surface area contributed by atoms with Crippen LogP contribution in [0.5, 0.6) is 0 Å². The monoisotopic (exact) mass is 330 g/mol. The third-order valence-corrected chi connectivity index (χ3v) is 4.87. The number of aromatic nitrogens is 3. The van der Waals surface area contributed by atoms with Gasteiger partial charge in [-0.3, -0.25) is 14.5 Å². The summed E-state index contributed by atoms with van der Waals surface area (Å²) in [4.78, 5) is 25.8. The summed E-state index contributed by atoms with van der Waals surface area (Å²) >= 11 is 1.65. The lowest BCUT2D eigenvalue weighted by Crippen LogP contribution is -2.30. The zero-order valence-electron chi connectivity index (χ0n) is 12.9. The highest BCUT2D eigenvalue weighted by atomic mass is 32.2. The molecule has 7 heteroatoms. The first-order chi connectivity index (χ1) is 11.2. The maximum absolute atomic E-state index is 12.2. The van der Waals surface area contributed by atoms with Crippen LogP contribution in [0.4, 0.5) is 0 Å². The molecule has 0 bridgehead atoms. The maximum Gasteiger partial charge on any atom is 0.261 e. The van der Waals surface area contributed by atoms with E-state index in [4.69, 9.17) is 0 Å². The molecule has 0 spiro atoms. The lowest BCUT2D eigenvalue weighted by atomic mass is 10.1. The van der Waals surface area contributed by atoms with E-state index in [1.165, 1.54) is 4.90 Å². The summed E-state index contributed by atoms with van der Waals surface area (Å²) in [5.41, 5.74) is 1.03. The summed E-state index contributed by atoms with van der Waals surface area (Å²) in [5, 5.41) is 8.87. The number of thioether (sulfide) groups is 1. The van der Waals surface area contributed by atoms with Gasteiger partial charge in [-0.2, -0.15) is 0 Å². The van der Waals surface area contributed by atoms with Crippen molar-refractivity contribution in [3.63, 3.8) is 0 Å². The molecule has 3 rings (SSSR count). The second-order valence-electron chi connectivity index (χ2n) is 5.26. The zero-order chi connectivity index (χ0) is 16.2. The molecule has 0 N–H and O–H groups in total. The van der Waals surface area contributed by atoms with Crippen molar-refractivity contribution in [3.05, 3.63) is 41.7 Å². The van der Waals surface area contributed by atoms with E-state index in [1.54, 1.807) is 42.4 Å². The number of unbranched alkanes of at least 4 members (excludes halogenated alkanes) is 1. The Kier molecular flexibility index (Phi) is 4.76. The summed E-state index contributed by atoms with van der Waals surface area (Å²) in [7, 11) is 0. The molecule has 0 radical (unpaired) electrons. The largest absolute Gasteiger partial charge is 0.309 e. The van der Waals surface area contributed by atoms with Crippen molar-refractivity contribution >= 4 is 23.6 Å². The van der Waals surface area contributed by atoms with Crippen molar-refractivity contribution < 1.29 is 9.59 Å². The molecular formula is C16H18N4O2S. The molecule has 2 heterocycles. The number of hydrogen-bond donors (Lipinski definition) is 0. The molecule has 1 aliphatic heterocycles. The second-order valence-corrected chi connectivity index (χ2v) is 6.32. The van der Waals surface area contributed by atoms with Gasteiger partial charge in [0.1, 0.15) is 6.33 Å². The number of imide groups is 1. The molecule has 0 saturated heterocycles. The Hall–Kier alpha value is -2.15. The van der Waals surface area contributed by atoms with Gasteiger partial charge >= 0.3 is 0 Å². The van der Waals surface area contributed by atoms with Crippen LogP contribution in [0.15, 0.2) is 35.7 Å². The summed E-state index contributed by atoms with van der Waals surface area (Å²) < 4.78 is 1.99. The van der Waals surface area contributed by atoms with Gasteiger partial charge in [-0.1, -0.05) is 23.9 Å². The smallest absolute Gasteiger partial charge is 0.261 e. The first-order valence-corrected chi connectivity index (χ1v) is 8.66. The summed E-state index contributed by atoms with van der Waals surface area (Å²) in [6, 6.07) is 6.99. The number of nitrogens with zero attached hydrogens (tertiary/aromatic N) is 4. The molecule has 2 amide bonds. The van der Waals surface area contributed by atoms with Crippen molar-refractivity contribution in [1.82, 2.24) is 19.7 Å². The molecule has 0 aliphatic carbocycles. The summed E-state index contributed by atoms with van der Waals surface area (Å²) in [6.45, 7) is 3.37. The highest BCUT2D eigenvalue weighted by Gasteiger charge is 2.34. The molecule has 6 nitrogen and oxygen atoms in total. The van der Waals surface area contributed by atoms with Crippen LogP contribution in [0.25, 0.3) is 0 Å². The minimum atomic E-state index is -0.177. The van der Waals surface area contributed by atoms with Crippen LogP contribution in [-0.4, -0.2) is 43.8 Å². The fourth-order valence-corrected chi connectivity index (χ4v) is 3.53. The van der Waals surface area contributed by atoms with E-state index in [0.29, 0.717) is 17.7 Å². The van der Waals surface area contributed by atoms with E-state index in [2.05, 4.69) is 17.1 Å². The van der Waals surface area contributed by atoms with Gasteiger partial charge in [0.05, 0.1) is 11.1 Å². The molecule has 1 aliphatic rings. The molecule has 0 saturated carbocycles. The standard InChI is InChI=1S/C16H18N4O2S/c1-2-19-11-17-18-16(19)23-10-6-5-9-20-14(21)12-7-3-4-8-13(12)15(20)22/h3-4,7-8,11H,2,5-6,9-10H2,1H3. The van der Waals surface area contributed by atoms with Crippen molar-refractivity contribution in [1.29, 1.82) is 0 Å². The Balaban J connectivity index is 1.47. The van der Waals surface area contributed by atoms with E-state index in [-0.39, 0.29) is 11.8 Å². The minimum Gasteiger partial charge on any atom is -0.309 e. The molecule has 1 aromatic carbocycles. The fourth-order valence-electron chi connectivity index (χ4n) is 2.55. The first-order valence-electron chi connectivity index (χ1n) is 7.68. The van der Waals surface area contributed by atoms with E-state index in [0.717, 1.165) is 30.3 Å². The van der Waals surface area contributed by atoms with Crippen LogP contribution < -0.4 is 0 Å². The second kappa shape index (κ2) is 6.95. The molecule has 0 unspecified atom stereocenters. The number of carbonyl (C=O) groups is 2. The Morgan fingerprint density at radius 1 is 1.09 bits per heavy atom. The Labute approximate surface area is 138 Å². The summed E-state index contributed by atoms with van der Waals surface area (Å²) in [6.07, 6.45) is 3.43. The molecular weight excluding hydrogens is 312 g/mol. The van der Waals surface area contributed by atoms with Crippen molar-refractivity contribution in [3.8, 4) is 0 Å². The normalized spacial score (nSPS) is 13.7. The first kappa shape index (κ1) is 15.7. The van der Waals surface area contributed by atoms with Crippen LogP contribution in [0, 0.1) is 0 Å². The Morgan fingerprint density at radius 3 is 2.43 bits per heavy atom. The highest BCUT2D eigenvalue weighted by molar-refractivity contribution is 7.99. The highest BCUT2D eigenvalue weighted by Crippen LogP contribution is 2.23. The number of rotatable bonds is 7. The molecule has 0 fully saturated rings. The van der Waals surface area contributed by atoms with Crippen LogP contribution >= 0.6 is 11.8 Å². The van der Waals surface area contributed by atoms with E-state index in [9.17, 15) is 9.59 Å². The number of aryl methyl sites for hydroxylation is 1. The number of hydrogen-bond acceptors (Lipinski definition) is 5. The predicted molar refractivity (Wildman–Crippen MR) is 87.5 cm³/mol. The van der Waals surface area contributed by atoms with Gasteiger partial charge in [0.2, 0.25) is 0 Å². The van der Waals surface area contributed by atoms with Gasteiger partial charge in [-0.05, 0) is 31.9 Å². The molecule has 23 heavy (non-hydrogen) atoms. The quantitative estimate of drug-likeness (QED) is 0.443. The molecule has 2 aromatic rings. The molecule has 1 aromatic heterocycles. The van der Waals surface area contributed by atoms with Gasteiger partial charge in [0.25, 0.3) is 11.8 Å². The van der Waals surface area contributed by atoms with Crippen molar-refractivity contribution in [2.75, 3.05) is 12.3 Å². The van der Waals surface area contributed by atoms with Crippen LogP contribution in [-0.2, 0) is 6.54 Å². The average Bonchev–Trinajstić information content (AvgIpc) is 3.12. The van der Waals surface area contributed by atoms with Gasteiger partial charge in [-0.15, -0.1) is 10.2 Å². The van der Waals surface area contributed by atoms with Gasteiger partial charge in [-0.25, -0.2) is 0 Å². The zero-order valence-corrected chi connectivity index (χ0v) is 13.8. The molecule has 0 atom stereocenters. The van der Waals surface area contributed by atoms with Gasteiger partial charge in [0.15, 0.2) is 5.16 Å². The van der Waals surface area contributed by atoms with Crippen LogP contribution in [0.1, 0.15) is 40.5 Å². The van der Waals surface area contributed by atoms with Crippen LogP contribution in [0.2, 0.25) is 0 Å². The third kappa shape index (κ3) is 3.14. The van der Waals surface area contributed by atoms with Gasteiger partial charge < -0.3 is 4.57 Å². The van der Waals surface area contributed by atoms with E-state index >= 15 is 0 Å². The maximum atomic E-state index is 12.2. The number of fused-ring (bicyclic) bond motifs is 1. The third-order valence-electron chi connectivity index (χ3n) is 3.81. The number of amides is 2. The van der Waals surface area contributed by atoms with Crippen molar-refractivity contribution in [2.24, 2.45) is 0 Å². The SMILES string of the molecule is CCn1cnnc1SCCCCN1C(=O)c2ccccc2C1=O. The average molecular weight is 330 g/mol. The Bertz CT molecular complexity index is 693. The minimum absolute atomic E-state index is 0.177. The van der Waals surface area contributed by atoms with Crippen molar-refractivity contribution in [2.45, 2.75) is 31.5 Å². The molecule has 120 valence electrons. The van der Waals surface area contributed by atoms with Gasteiger partial charge in [0, 0.05) is 18.8 Å². The number of carbonyl (C=O) groups excluding carboxylic acids is 2. The topological polar surface area (TPSA) is 68.1 Å². The Morgan fingerprint density at radius 2 is 1.78 bits per heavy atom. The summed E-state index contributed by atoms with van der Waals surface area (Å²) in [5.74, 6) is 0.537. The van der Waals surface area contributed by atoms with E-state index in [1.807, 2.05) is 4.57 Å². The number of benzene rings is 1. The fraction of sp³-hybridized carbons (Fsp3) is 0.375.